The number of aromatic nitrogens is 3. The van der Waals surface area contributed by atoms with Crippen molar-refractivity contribution in [3.8, 4) is 34.1 Å². The van der Waals surface area contributed by atoms with E-state index in [4.69, 9.17) is 21.1 Å². The first-order chi connectivity index (χ1) is 14.9. The number of hydrogen-bond acceptors (Lipinski definition) is 4. The summed E-state index contributed by atoms with van der Waals surface area (Å²) in [6.45, 7) is -0.0838. The van der Waals surface area contributed by atoms with Gasteiger partial charge in [-0.05, 0) is 36.4 Å². The highest BCUT2D eigenvalue weighted by molar-refractivity contribution is 6.32. The van der Waals surface area contributed by atoms with Crippen LogP contribution < -0.4 is 9.47 Å². The number of hydrogen-bond donors (Lipinski definition) is 1. The van der Waals surface area contributed by atoms with Gasteiger partial charge in [0.2, 0.25) is 5.95 Å². The molecule has 31 heavy (non-hydrogen) atoms. The lowest BCUT2D eigenvalue weighted by atomic mass is 10.1. The predicted octanol–water partition coefficient (Wildman–Crippen LogP) is 5.80. The minimum Gasteiger partial charge on any atom is -0.496 e. The van der Waals surface area contributed by atoms with Crippen LogP contribution in [0.4, 0.5) is 13.2 Å². The van der Waals surface area contributed by atoms with Crippen LogP contribution in [0, 0.1) is 17.6 Å². The first-order valence-corrected chi connectivity index (χ1v) is 9.45. The maximum Gasteiger partial charge on any atom is 0.212 e. The number of nitrogens with one attached hydrogen (secondary N) is 1. The Hall–Kier alpha value is -3.52. The molecular weight excluding hydrogens is 431 g/mol. The van der Waals surface area contributed by atoms with E-state index in [0.717, 1.165) is 6.07 Å². The van der Waals surface area contributed by atoms with Crippen molar-refractivity contribution in [1.82, 2.24) is 15.0 Å². The van der Waals surface area contributed by atoms with Crippen LogP contribution >= 0.6 is 11.6 Å². The van der Waals surface area contributed by atoms with Gasteiger partial charge in [-0.15, -0.1) is 0 Å². The molecule has 0 aliphatic carbocycles. The number of imidazole rings is 1. The van der Waals surface area contributed by atoms with Crippen LogP contribution in [-0.2, 0) is 6.61 Å². The van der Waals surface area contributed by atoms with Gasteiger partial charge < -0.3 is 14.5 Å². The summed E-state index contributed by atoms with van der Waals surface area (Å²) in [5.41, 5.74) is 1.80. The maximum atomic E-state index is 13.8. The van der Waals surface area contributed by atoms with E-state index in [0.29, 0.717) is 34.1 Å². The lowest BCUT2D eigenvalue weighted by Crippen LogP contribution is -1.99. The van der Waals surface area contributed by atoms with E-state index < -0.39 is 17.6 Å². The van der Waals surface area contributed by atoms with E-state index in [1.807, 2.05) is 0 Å². The van der Waals surface area contributed by atoms with Crippen molar-refractivity contribution in [2.75, 3.05) is 7.11 Å². The van der Waals surface area contributed by atoms with Gasteiger partial charge in [0.1, 0.15) is 46.4 Å². The Morgan fingerprint density at radius 2 is 1.87 bits per heavy atom. The molecule has 1 N–H and O–H groups in total. The van der Waals surface area contributed by atoms with Crippen molar-refractivity contribution >= 4 is 11.6 Å². The highest BCUT2D eigenvalue weighted by atomic mass is 35.5. The first kappa shape index (κ1) is 20.7. The quantitative estimate of drug-likeness (QED) is 0.381. The van der Waals surface area contributed by atoms with Crippen LogP contribution in [0.2, 0.25) is 5.15 Å². The van der Waals surface area contributed by atoms with E-state index in [2.05, 4.69) is 15.0 Å². The average Bonchev–Trinajstić information content (AvgIpc) is 3.14. The zero-order chi connectivity index (χ0) is 22.0. The third kappa shape index (κ3) is 4.49. The summed E-state index contributed by atoms with van der Waals surface area (Å²) in [5, 5.41) is 0.264. The van der Waals surface area contributed by atoms with E-state index in [-0.39, 0.29) is 17.3 Å². The summed E-state index contributed by atoms with van der Waals surface area (Å²) < 4.78 is 51.0. The van der Waals surface area contributed by atoms with Gasteiger partial charge in [0.25, 0.3) is 0 Å². The predicted molar refractivity (Wildman–Crippen MR) is 109 cm³/mol. The number of H-pyrrole nitrogens is 1. The molecule has 2 aromatic carbocycles. The van der Waals surface area contributed by atoms with Crippen molar-refractivity contribution in [3.05, 3.63) is 83.0 Å². The number of methoxy groups -OCH3 is 1. The molecule has 0 spiro atoms. The number of ether oxygens (including phenoxy) is 2. The van der Waals surface area contributed by atoms with Crippen molar-refractivity contribution in [3.63, 3.8) is 0 Å². The molecule has 2 aromatic heterocycles. The fourth-order valence-corrected chi connectivity index (χ4v) is 3.17. The molecule has 9 heteroatoms. The molecule has 4 aromatic rings. The second-order valence-electron chi connectivity index (χ2n) is 6.50. The number of benzene rings is 2. The van der Waals surface area contributed by atoms with Crippen LogP contribution in [0.5, 0.6) is 11.5 Å². The zero-order valence-corrected chi connectivity index (χ0v) is 16.9. The summed E-state index contributed by atoms with van der Waals surface area (Å²) in [6.07, 6.45) is 1.34. The summed E-state index contributed by atoms with van der Waals surface area (Å²) >= 11 is 6.33. The molecule has 0 saturated carbocycles. The van der Waals surface area contributed by atoms with Gasteiger partial charge in [-0.2, -0.15) is 4.39 Å². The van der Waals surface area contributed by atoms with E-state index in [1.165, 1.54) is 37.6 Å². The number of pyridine rings is 1. The van der Waals surface area contributed by atoms with Gasteiger partial charge >= 0.3 is 0 Å². The lowest BCUT2D eigenvalue weighted by molar-refractivity contribution is 0.297. The average molecular weight is 446 g/mol. The van der Waals surface area contributed by atoms with Gasteiger partial charge in [0.05, 0.1) is 7.11 Å². The summed E-state index contributed by atoms with van der Waals surface area (Å²) in [5.74, 6) is -0.678. The van der Waals surface area contributed by atoms with Crippen LogP contribution in [-0.4, -0.2) is 22.1 Å². The maximum absolute atomic E-state index is 13.8. The van der Waals surface area contributed by atoms with E-state index >= 15 is 0 Å². The summed E-state index contributed by atoms with van der Waals surface area (Å²) in [4.78, 5) is 11.0. The van der Waals surface area contributed by atoms with Gasteiger partial charge in [-0.25, -0.2) is 18.7 Å². The molecule has 0 atom stereocenters. The van der Waals surface area contributed by atoms with Crippen LogP contribution in [0.1, 0.15) is 5.56 Å². The van der Waals surface area contributed by atoms with Gasteiger partial charge in [0.15, 0.2) is 0 Å². The third-order valence-corrected chi connectivity index (χ3v) is 4.77. The molecule has 0 aliphatic rings. The molecule has 0 unspecified atom stereocenters. The number of nitrogens with zero attached hydrogens (tertiary/aromatic N) is 2. The molecule has 0 fully saturated rings. The van der Waals surface area contributed by atoms with Crippen molar-refractivity contribution in [2.24, 2.45) is 0 Å². The van der Waals surface area contributed by atoms with Crippen molar-refractivity contribution in [2.45, 2.75) is 6.61 Å². The molecule has 0 aliphatic heterocycles. The van der Waals surface area contributed by atoms with Crippen LogP contribution in [0.25, 0.3) is 22.6 Å². The summed E-state index contributed by atoms with van der Waals surface area (Å²) in [7, 11) is 1.48. The Labute approximate surface area is 180 Å². The Kier molecular flexibility index (Phi) is 5.81. The second kappa shape index (κ2) is 8.69. The fraction of sp³-hybridized carbons (Fsp3) is 0.0909. The van der Waals surface area contributed by atoms with Crippen molar-refractivity contribution < 1.29 is 22.6 Å². The Morgan fingerprint density at radius 3 is 2.58 bits per heavy atom. The van der Waals surface area contributed by atoms with Gasteiger partial charge in [-0.3, -0.25) is 0 Å². The number of aromatic amines is 1. The molecular formula is C22H15ClF3N3O2. The molecule has 4 rings (SSSR count). The SMILES string of the molecule is COc1cc(OCc2ccc(F)cc2F)ccc1-c1nc(-c2ccc(F)nc2)[nH]c1Cl. The minimum absolute atomic E-state index is 0.0838. The Balaban J connectivity index is 1.59. The summed E-state index contributed by atoms with van der Waals surface area (Å²) in [6, 6.07) is 11.0. The molecule has 158 valence electrons. The smallest absolute Gasteiger partial charge is 0.212 e. The van der Waals surface area contributed by atoms with Crippen LogP contribution in [0.15, 0.2) is 54.7 Å². The van der Waals surface area contributed by atoms with E-state index in [9.17, 15) is 13.2 Å². The number of halogens is 4. The molecule has 0 radical (unpaired) electrons. The third-order valence-electron chi connectivity index (χ3n) is 4.50. The first-order valence-electron chi connectivity index (χ1n) is 9.07. The van der Waals surface area contributed by atoms with Gasteiger partial charge in [0, 0.05) is 35.0 Å². The molecule has 0 saturated heterocycles. The normalized spacial score (nSPS) is 10.9. The molecule has 0 amide bonds. The van der Waals surface area contributed by atoms with Crippen LogP contribution in [0.3, 0.4) is 0 Å². The molecule has 0 bridgehead atoms. The van der Waals surface area contributed by atoms with Crippen molar-refractivity contribution in [1.29, 1.82) is 0 Å². The highest BCUT2D eigenvalue weighted by Crippen LogP contribution is 2.37. The van der Waals surface area contributed by atoms with Gasteiger partial charge in [-0.1, -0.05) is 11.6 Å². The Bertz CT molecular complexity index is 1230. The second-order valence-corrected chi connectivity index (χ2v) is 6.88. The van der Waals surface area contributed by atoms with E-state index in [1.54, 1.807) is 18.2 Å². The zero-order valence-electron chi connectivity index (χ0n) is 16.1. The lowest BCUT2D eigenvalue weighted by Gasteiger charge is -2.11. The topological polar surface area (TPSA) is 60.0 Å². The minimum atomic E-state index is -0.685. The fourth-order valence-electron chi connectivity index (χ4n) is 2.94. The number of rotatable bonds is 6. The molecule has 2 heterocycles. The standard InChI is InChI=1S/C22H15ClF3N3O2/c1-30-18-9-15(31-11-13-2-4-14(24)8-17(13)25)5-6-16(18)20-21(23)29-22(28-20)12-3-7-19(26)27-10-12/h2-10H,11H2,1H3,(H,28,29). The highest BCUT2D eigenvalue weighted by Gasteiger charge is 2.17. The monoisotopic (exact) mass is 445 g/mol. The largest absolute Gasteiger partial charge is 0.496 e. The molecule has 5 nitrogen and oxygen atoms in total. The Morgan fingerprint density at radius 1 is 1.03 bits per heavy atom.